The summed E-state index contributed by atoms with van der Waals surface area (Å²) in [6.45, 7) is 2.74. The van der Waals surface area contributed by atoms with Crippen LogP contribution in [0.4, 0.5) is 0 Å². The molecule has 0 aliphatic heterocycles. The van der Waals surface area contributed by atoms with Crippen LogP contribution in [0.5, 0.6) is 0 Å². The summed E-state index contributed by atoms with van der Waals surface area (Å²) in [7, 11) is 0. The van der Waals surface area contributed by atoms with Crippen molar-refractivity contribution in [2.24, 2.45) is 5.73 Å². The number of benzene rings is 1. The van der Waals surface area contributed by atoms with E-state index in [9.17, 15) is 24.0 Å². The summed E-state index contributed by atoms with van der Waals surface area (Å²) in [5.74, 6) is -1.95. The highest BCUT2D eigenvalue weighted by Crippen LogP contribution is 2.21. The Morgan fingerprint density at radius 3 is 2.47 bits per heavy atom. The SMILES string of the molecule is CCOC(=O)CCN(C(=O)Cn1cc(C)c(=O)[nH]c1=O)C(C(N)=O)c1ccccc1. The molecule has 30 heavy (non-hydrogen) atoms. The van der Waals surface area contributed by atoms with Crippen LogP contribution in [0.3, 0.4) is 0 Å². The number of aromatic nitrogens is 2. The molecule has 1 aromatic carbocycles. The molecule has 1 atom stereocenters. The lowest BCUT2D eigenvalue weighted by molar-refractivity contribution is -0.146. The van der Waals surface area contributed by atoms with Crippen molar-refractivity contribution in [2.75, 3.05) is 13.2 Å². The Hall–Kier alpha value is -3.69. The van der Waals surface area contributed by atoms with E-state index in [1.807, 2.05) is 0 Å². The fourth-order valence-electron chi connectivity index (χ4n) is 2.95. The average molecular weight is 416 g/mol. The number of hydrogen-bond acceptors (Lipinski definition) is 6. The van der Waals surface area contributed by atoms with Gasteiger partial charge in [0.15, 0.2) is 0 Å². The zero-order valence-corrected chi connectivity index (χ0v) is 16.8. The summed E-state index contributed by atoms with van der Waals surface area (Å²) in [5.41, 5.74) is 4.97. The summed E-state index contributed by atoms with van der Waals surface area (Å²) < 4.78 is 5.92. The highest BCUT2D eigenvalue weighted by Gasteiger charge is 2.30. The van der Waals surface area contributed by atoms with Crippen LogP contribution in [0.1, 0.15) is 30.5 Å². The maximum absolute atomic E-state index is 13.1. The van der Waals surface area contributed by atoms with Gasteiger partial charge in [0.2, 0.25) is 11.8 Å². The first-order valence-electron chi connectivity index (χ1n) is 9.34. The van der Waals surface area contributed by atoms with Crippen LogP contribution in [-0.2, 0) is 25.7 Å². The number of ether oxygens (including phenoxy) is 1. The number of carbonyl (C=O) groups excluding carboxylic acids is 3. The molecule has 0 fully saturated rings. The molecule has 2 rings (SSSR count). The zero-order valence-electron chi connectivity index (χ0n) is 16.8. The minimum Gasteiger partial charge on any atom is -0.466 e. The molecule has 0 spiro atoms. The molecule has 1 aromatic heterocycles. The molecular weight excluding hydrogens is 392 g/mol. The van der Waals surface area contributed by atoms with Crippen LogP contribution in [0, 0.1) is 6.92 Å². The summed E-state index contributed by atoms with van der Waals surface area (Å²) >= 11 is 0. The van der Waals surface area contributed by atoms with Gasteiger partial charge in [-0.05, 0) is 19.4 Å². The number of carbonyl (C=O) groups is 3. The van der Waals surface area contributed by atoms with Gasteiger partial charge in [0.05, 0.1) is 13.0 Å². The molecule has 160 valence electrons. The standard InChI is InChI=1S/C20H24N4O6/c1-3-30-16(26)9-10-24(17(18(21)27)14-7-5-4-6-8-14)15(25)12-23-11-13(2)19(28)22-20(23)29/h4-8,11,17H,3,9-10,12H2,1-2H3,(H2,21,27)(H,22,28,29). The number of nitrogens with zero attached hydrogens (tertiary/aromatic N) is 2. The maximum atomic E-state index is 13.1. The monoisotopic (exact) mass is 416 g/mol. The van der Waals surface area contributed by atoms with Gasteiger partial charge in [-0.3, -0.25) is 28.7 Å². The fraction of sp³-hybridized carbons (Fsp3) is 0.350. The van der Waals surface area contributed by atoms with Crippen LogP contribution >= 0.6 is 0 Å². The minimum absolute atomic E-state index is 0.142. The summed E-state index contributed by atoms with van der Waals surface area (Å²) in [5, 5.41) is 0. The third-order valence-electron chi connectivity index (χ3n) is 4.37. The Morgan fingerprint density at radius 1 is 1.20 bits per heavy atom. The number of hydrogen-bond donors (Lipinski definition) is 2. The Labute approximate surface area is 172 Å². The molecule has 3 N–H and O–H groups in total. The van der Waals surface area contributed by atoms with Crippen LogP contribution in [-0.4, -0.2) is 45.4 Å². The van der Waals surface area contributed by atoms with Crippen LogP contribution in [0.2, 0.25) is 0 Å². The van der Waals surface area contributed by atoms with Gasteiger partial charge in [0, 0.05) is 18.3 Å². The Bertz CT molecular complexity index is 1030. The normalized spacial score (nSPS) is 11.5. The van der Waals surface area contributed by atoms with Crippen LogP contribution < -0.4 is 17.0 Å². The topological polar surface area (TPSA) is 145 Å². The van der Waals surface area contributed by atoms with E-state index in [1.54, 1.807) is 37.3 Å². The first-order valence-corrected chi connectivity index (χ1v) is 9.34. The highest BCUT2D eigenvalue weighted by molar-refractivity contribution is 5.88. The molecule has 1 heterocycles. The van der Waals surface area contributed by atoms with Gasteiger partial charge in [-0.1, -0.05) is 30.3 Å². The van der Waals surface area contributed by atoms with Gasteiger partial charge in [0.25, 0.3) is 5.56 Å². The Balaban J connectivity index is 2.38. The zero-order chi connectivity index (χ0) is 22.3. The van der Waals surface area contributed by atoms with E-state index in [4.69, 9.17) is 10.5 Å². The molecule has 10 nitrogen and oxygen atoms in total. The predicted molar refractivity (Wildman–Crippen MR) is 107 cm³/mol. The lowest BCUT2D eigenvalue weighted by Gasteiger charge is -2.30. The van der Waals surface area contributed by atoms with Gasteiger partial charge >= 0.3 is 11.7 Å². The maximum Gasteiger partial charge on any atom is 0.328 e. The molecular formula is C20H24N4O6. The number of amides is 2. The molecule has 10 heteroatoms. The third kappa shape index (κ3) is 5.66. The molecule has 0 radical (unpaired) electrons. The Morgan fingerprint density at radius 2 is 1.87 bits per heavy atom. The van der Waals surface area contributed by atoms with Crippen molar-refractivity contribution in [3.63, 3.8) is 0 Å². The molecule has 0 aliphatic rings. The van der Waals surface area contributed by atoms with E-state index in [0.717, 1.165) is 9.47 Å². The molecule has 0 bridgehead atoms. The van der Waals surface area contributed by atoms with Gasteiger partial charge in [0.1, 0.15) is 12.6 Å². The number of primary amides is 1. The van der Waals surface area contributed by atoms with Crippen molar-refractivity contribution in [1.29, 1.82) is 0 Å². The number of aromatic amines is 1. The van der Waals surface area contributed by atoms with E-state index in [0.29, 0.717) is 5.56 Å². The van der Waals surface area contributed by atoms with E-state index in [2.05, 4.69) is 4.98 Å². The lowest BCUT2D eigenvalue weighted by Crippen LogP contribution is -2.45. The van der Waals surface area contributed by atoms with Gasteiger partial charge in [-0.2, -0.15) is 0 Å². The first kappa shape index (κ1) is 22.6. The number of nitrogens with one attached hydrogen (secondary N) is 1. The molecule has 0 saturated carbocycles. The molecule has 0 aliphatic carbocycles. The van der Waals surface area contributed by atoms with E-state index < -0.39 is 41.6 Å². The van der Waals surface area contributed by atoms with Crippen molar-refractivity contribution in [1.82, 2.24) is 14.5 Å². The fourth-order valence-corrected chi connectivity index (χ4v) is 2.95. The summed E-state index contributed by atoms with van der Waals surface area (Å²) in [6.07, 6.45) is 1.10. The second-order valence-electron chi connectivity index (χ2n) is 6.56. The van der Waals surface area contributed by atoms with Crippen LogP contribution in [0.25, 0.3) is 0 Å². The predicted octanol–water partition coefficient (Wildman–Crippen LogP) is -0.147. The third-order valence-corrected chi connectivity index (χ3v) is 4.37. The largest absolute Gasteiger partial charge is 0.466 e. The average Bonchev–Trinajstić information content (AvgIpc) is 2.69. The van der Waals surface area contributed by atoms with Gasteiger partial charge in [-0.25, -0.2) is 4.79 Å². The van der Waals surface area contributed by atoms with Crippen molar-refractivity contribution in [3.8, 4) is 0 Å². The number of esters is 1. The van der Waals surface area contributed by atoms with E-state index in [1.165, 1.54) is 13.1 Å². The Kier molecular flexibility index (Phi) is 7.68. The smallest absolute Gasteiger partial charge is 0.328 e. The summed E-state index contributed by atoms with van der Waals surface area (Å²) in [4.78, 5) is 64.0. The molecule has 2 amide bonds. The van der Waals surface area contributed by atoms with Crippen LogP contribution in [0.15, 0.2) is 46.1 Å². The second kappa shape index (κ2) is 10.2. The number of rotatable bonds is 9. The second-order valence-corrected chi connectivity index (χ2v) is 6.56. The molecule has 2 aromatic rings. The van der Waals surface area contributed by atoms with Crippen molar-refractivity contribution < 1.29 is 19.1 Å². The lowest BCUT2D eigenvalue weighted by atomic mass is 10.0. The van der Waals surface area contributed by atoms with Crippen molar-refractivity contribution in [2.45, 2.75) is 32.9 Å². The number of nitrogens with two attached hydrogens (primary N) is 1. The number of H-pyrrole nitrogens is 1. The van der Waals surface area contributed by atoms with Crippen molar-refractivity contribution >= 4 is 17.8 Å². The quantitative estimate of drug-likeness (QED) is 0.544. The summed E-state index contributed by atoms with van der Waals surface area (Å²) in [6, 6.07) is 7.25. The van der Waals surface area contributed by atoms with E-state index in [-0.39, 0.29) is 25.1 Å². The van der Waals surface area contributed by atoms with Crippen molar-refractivity contribution in [3.05, 3.63) is 68.5 Å². The van der Waals surface area contributed by atoms with E-state index >= 15 is 0 Å². The highest BCUT2D eigenvalue weighted by atomic mass is 16.5. The van der Waals surface area contributed by atoms with Gasteiger partial charge in [-0.15, -0.1) is 0 Å². The van der Waals surface area contributed by atoms with Gasteiger partial charge < -0.3 is 15.4 Å². The number of aryl methyl sites for hydroxylation is 1. The minimum atomic E-state index is -1.15. The first-order chi connectivity index (χ1) is 14.2. The molecule has 0 saturated heterocycles. The molecule has 1 unspecified atom stereocenters.